The van der Waals surface area contributed by atoms with Crippen LogP contribution in [0.3, 0.4) is 0 Å². The molecule has 0 amide bonds. The molecule has 94 valence electrons. The molecule has 6 nitrogen and oxygen atoms in total. The van der Waals surface area contributed by atoms with E-state index < -0.39 is 0 Å². The standard InChI is InChI=1S/C11H17N3O3/c15-8-4-9(12-5-8)11-13-10(14-17-11)7-2-1-3-16-6-7/h7-9,12,15H,1-6H2/t7?,8-,9-/m1/s1. The van der Waals surface area contributed by atoms with Crippen LogP contribution in [0, 0.1) is 0 Å². The number of hydrogen-bond acceptors (Lipinski definition) is 6. The first kappa shape index (κ1) is 11.1. The Morgan fingerprint density at radius 2 is 2.35 bits per heavy atom. The van der Waals surface area contributed by atoms with Gasteiger partial charge >= 0.3 is 0 Å². The topological polar surface area (TPSA) is 80.4 Å². The van der Waals surface area contributed by atoms with Crippen molar-refractivity contribution in [2.24, 2.45) is 0 Å². The summed E-state index contributed by atoms with van der Waals surface area (Å²) in [6.45, 7) is 2.10. The van der Waals surface area contributed by atoms with Crippen molar-refractivity contribution >= 4 is 0 Å². The summed E-state index contributed by atoms with van der Waals surface area (Å²) in [5.41, 5.74) is 0. The van der Waals surface area contributed by atoms with Crippen LogP contribution in [0.1, 0.15) is 42.9 Å². The number of nitrogens with one attached hydrogen (secondary N) is 1. The van der Waals surface area contributed by atoms with Crippen molar-refractivity contribution in [2.75, 3.05) is 19.8 Å². The van der Waals surface area contributed by atoms with Crippen molar-refractivity contribution in [3.05, 3.63) is 11.7 Å². The molecular formula is C11H17N3O3. The Morgan fingerprint density at radius 3 is 3.06 bits per heavy atom. The summed E-state index contributed by atoms with van der Waals surface area (Å²) in [4.78, 5) is 4.42. The van der Waals surface area contributed by atoms with Gasteiger partial charge in [0.05, 0.1) is 18.8 Å². The smallest absolute Gasteiger partial charge is 0.243 e. The minimum Gasteiger partial charge on any atom is -0.392 e. The summed E-state index contributed by atoms with van der Waals surface area (Å²) in [5, 5.41) is 16.6. The van der Waals surface area contributed by atoms with Gasteiger partial charge < -0.3 is 19.7 Å². The summed E-state index contributed by atoms with van der Waals surface area (Å²) in [6.07, 6.45) is 2.44. The number of rotatable bonds is 2. The molecule has 2 aliphatic rings. The Labute approximate surface area is 99.3 Å². The molecule has 1 aromatic rings. The van der Waals surface area contributed by atoms with E-state index >= 15 is 0 Å². The average Bonchev–Trinajstić information content (AvgIpc) is 2.98. The van der Waals surface area contributed by atoms with Gasteiger partial charge in [-0.15, -0.1) is 0 Å². The number of hydrogen-bond donors (Lipinski definition) is 2. The maximum absolute atomic E-state index is 9.44. The predicted molar refractivity (Wildman–Crippen MR) is 58.5 cm³/mol. The van der Waals surface area contributed by atoms with Crippen molar-refractivity contribution in [3.63, 3.8) is 0 Å². The lowest BCUT2D eigenvalue weighted by Gasteiger charge is -2.18. The van der Waals surface area contributed by atoms with E-state index in [0.717, 1.165) is 25.3 Å². The van der Waals surface area contributed by atoms with Crippen molar-refractivity contribution in [1.29, 1.82) is 0 Å². The zero-order chi connectivity index (χ0) is 11.7. The fourth-order valence-electron chi connectivity index (χ4n) is 2.40. The molecule has 2 aliphatic heterocycles. The molecule has 1 aromatic heterocycles. The van der Waals surface area contributed by atoms with Crippen LogP contribution >= 0.6 is 0 Å². The number of ether oxygens (including phenoxy) is 1. The van der Waals surface area contributed by atoms with Crippen LogP contribution in [0.5, 0.6) is 0 Å². The Morgan fingerprint density at radius 1 is 1.41 bits per heavy atom. The molecule has 0 aliphatic carbocycles. The lowest BCUT2D eigenvalue weighted by atomic mass is 10.0. The van der Waals surface area contributed by atoms with E-state index in [9.17, 15) is 5.11 Å². The number of aromatic nitrogens is 2. The van der Waals surface area contributed by atoms with Crippen molar-refractivity contribution in [3.8, 4) is 0 Å². The molecule has 3 heterocycles. The van der Waals surface area contributed by atoms with Gasteiger partial charge in [0, 0.05) is 19.1 Å². The van der Waals surface area contributed by atoms with Crippen LogP contribution in [0.4, 0.5) is 0 Å². The highest BCUT2D eigenvalue weighted by Gasteiger charge is 2.29. The molecule has 2 N–H and O–H groups in total. The largest absolute Gasteiger partial charge is 0.392 e. The van der Waals surface area contributed by atoms with Gasteiger partial charge in [0.2, 0.25) is 5.89 Å². The van der Waals surface area contributed by atoms with E-state index in [1.54, 1.807) is 0 Å². The molecule has 2 fully saturated rings. The third-order valence-electron chi connectivity index (χ3n) is 3.39. The van der Waals surface area contributed by atoms with Crippen LogP contribution in [0.25, 0.3) is 0 Å². The Hall–Kier alpha value is -0.980. The van der Waals surface area contributed by atoms with Gasteiger partial charge in [0.1, 0.15) is 0 Å². The summed E-state index contributed by atoms with van der Waals surface area (Å²) in [5.74, 6) is 1.58. The van der Waals surface area contributed by atoms with Crippen LogP contribution in [-0.4, -0.2) is 41.1 Å². The van der Waals surface area contributed by atoms with Gasteiger partial charge in [0.15, 0.2) is 5.82 Å². The van der Waals surface area contributed by atoms with E-state index in [1.165, 1.54) is 0 Å². The van der Waals surface area contributed by atoms with Gasteiger partial charge in [-0.1, -0.05) is 5.16 Å². The predicted octanol–water partition coefficient (Wildman–Crippen LogP) is 0.359. The Balaban J connectivity index is 1.69. The molecule has 17 heavy (non-hydrogen) atoms. The maximum atomic E-state index is 9.44. The minimum absolute atomic E-state index is 0.00393. The number of β-amino-alcohol motifs (C(OH)–C–C–N with tert-alkyl or cyclic N) is 1. The molecule has 0 radical (unpaired) electrons. The summed E-state index contributed by atoms with van der Waals surface area (Å²) in [6, 6.07) is -0.00393. The first-order chi connectivity index (χ1) is 8.33. The zero-order valence-electron chi connectivity index (χ0n) is 9.63. The third kappa shape index (κ3) is 2.34. The molecule has 0 spiro atoms. The molecule has 0 bridgehead atoms. The monoisotopic (exact) mass is 239 g/mol. The zero-order valence-corrected chi connectivity index (χ0v) is 9.63. The molecule has 0 aromatic carbocycles. The highest BCUT2D eigenvalue weighted by molar-refractivity contribution is 5.01. The van der Waals surface area contributed by atoms with Crippen LogP contribution in [-0.2, 0) is 4.74 Å². The van der Waals surface area contributed by atoms with Gasteiger partial charge in [-0.2, -0.15) is 4.98 Å². The fraction of sp³-hybridized carbons (Fsp3) is 0.818. The van der Waals surface area contributed by atoms with Crippen LogP contribution < -0.4 is 5.32 Å². The van der Waals surface area contributed by atoms with E-state index in [-0.39, 0.29) is 18.1 Å². The summed E-state index contributed by atoms with van der Waals surface area (Å²) in [7, 11) is 0. The molecular weight excluding hydrogens is 222 g/mol. The second-order valence-corrected chi connectivity index (χ2v) is 4.76. The molecule has 2 saturated heterocycles. The van der Waals surface area contributed by atoms with E-state index in [4.69, 9.17) is 9.26 Å². The van der Waals surface area contributed by atoms with Crippen LogP contribution in [0.2, 0.25) is 0 Å². The lowest BCUT2D eigenvalue weighted by Crippen LogP contribution is -2.17. The highest BCUT2D eigenvalue weighted by atomic mass is 16.5. The summed E-state index contributed by atoms with van der Waals surface area (Å²) < 4.78 is 10.7. The number of aliphatic hydroxyl groups is 1. The van der Waals surface area contributed by atoms with Gasteiger partial charge in [-0.3, -0.25) is 0 Å². The molecule has 1 unspecified atom stereocenters. The van der Waals surface area contributed by atoms with Gasteiger partial charge in [0.25, 0.3) is 0 Å². The minimum atomic E-state index is -0.312. The molecule has 3 rings (SSSR count). The first-order valence-corrected chi connectivity index (χ1v) is 6.15. The number of aliphatic hydroxyl groups excluding tert-OH is 1. The van der Waals surface area contributed by atoms with Crippen molar-refractivity contribution in [2.45, 2.75) is 37.3 Å². The first-order valence-electron chi connectivity index (χ1n) is 6.15. The second kappa shape index (κ2) is 4.72. The second-order valence-electron chi connectivity index (χ2n) is 4.76. The normalized spacial score (nSPS) is 34.1. The quantitative estimate of drug-likeness (QED) is 0.775. The summed E-state index contributed by atoms with van der Waals surface area (Å²) >= 11 is 0. The Bertz CT molecular complexity index is 357. The molecule has 6 heteroatoms. The molecule has 0 saturated carbocycles. The lowest BCUT2D eigenvalue weighted by molar-refractivity contribution is 0.0773. The molecule has 3 atom stereocenters. The fourth-order valence-corrected chi connectivity index (χ4v) is 2.40. The SMILES string of the molecule is O[C@H]1CN[C@@H](c2nc(C3CCCOC3)no2)C1. The van der Waals surface area contributed by atoms with E-state index in [2.05, 4.69) is 15.5 Å². The number of nitrogens with zero attached hydrogens (tertiary/aromatic N) is 2. The van der Waals surface area contributed by atoms with Crippen molar-refractivity contribution < 1.29 is 14.4 Å². The highest BCUT2D eigenvalue weighted by Crippen LogP contribution is 2.26. The third-order valence-corrected chi connectivity index (χ3v) is 3.39. The maximum Gasteiger partial charge on any atom is 0.243 e. The van der Waals surface area contributed by atoms with Gasteiger partial charge in [-0.05, 0) is 19.3 Å². The van der Waals surface area contributed by atoms with Crippen LogP contribution in [0.15, 0.2) is 4.52 Å². The Kier molecular flexibility index (Phi) is 3.09. The van der Waals surface area contributed by atoms with Crippen molar-refractivity contribution in [1.82, 2.24) is 15.5 Å². The van der Waals surface area contributed by atoms with Gasteiger partial charge in [-0.25, -0.2) is 0 Å². The van der Waals surface area contributed by atoms with E-state index in [0.29, 0.717) is 25.5 Å². The average molecular weight is 239 g/mol. The van der Waals surface area contributed by atoms with E-state index in [1.807, 2.05) is 0 Å².